The van der Waals surface area contributed by atoms with Gasteiger partial charge in [0.15, 0.2) is 5.96 Å². The first-order valence-electron chi connectivity index (χ1n) is 9.62. The average molecular weight is 490 g/mol. The van der Waals surface area contributed by atoms with Crippen molar-refractivity contribution in [1.29, 1.82) is 0 Å². The summed E-state index contributed by atoms with van der Waals surface area (Å²) in [4.78, 5) is 30.8. The van der Waals surface area contributed by atoms with Gasteiger partial charge in [-0.3, -0.25) is 19.5 Å². The molecular formula is C19H31IN4O3. The Labute approximate surface area is 178 Å². The lowest BCUT2D eigenvalue weighted by molar-refractivity contribution is -0.140. The van der Waals surface area contributed by atoms with E-state index < -0.39 is 0 Å². The minimum atomic E-state index is -0.115. The lowest BCUT2D eigenvalue weighted by atomic mass is 9.85. The van der Waals surface area contributed by atoms with Gasteiger partial charge in [-0.1, -0.05) is 12.2 Å². The second-order valence-corrected chi connectivity index (χ2v) is 7.53. The predicted molar refractivity (Wildman–Crippen MR) is 115 cm³/mol. The minimum Gasteiger partial charge on any atom is -0.379 e. The van der Waals surface area contributed by atoms with Crippen LogP contribution in [-0.2, 0) is 14.3 Å². The molecule has 27 heavy (non-hydrogen) atoms. The molecule has 1 aliphatic heterocycles. The maximum atomic E-state index is 12.6. The minimum absolute atomic E-state index is 0. The third-order valence-electron chi connectivity index (χ3n) is 5.48. The number of nitrogens with zero attached hydrogens (tertiary/aromatic N) is 2. The molecule has 2 bridgehead atoms. The first-order valence-corrected chi connectivity index (χ1v) is 9.62. The number of aliphatic imine (C=N–C) groups is 1. The number of rotatable bonds is 8. The van der Waals surface area contributed by atoms with Gasteiger partial charge in [0.25, 0.3) is 0 Å². The zero-order valence-corrected chi connectivity index (χ0v) is 18.6. The van der Waals surface area contributed by atoms with Gasteiger partial charge < -0.3 is 15.4 Å². The molecule has 0 radical (unpaired) electrons. The van der Waals surface area contributed by atoms with Gasteiger partial charge >= 0.3 is 0 Å². The van der Waals surface area contributed by atoms with Crippen molar-refractivity contribution in [3.63, 3.8) is 0 Å². The molecule has 3 rings (SSSR count). The third-order valence-corrected chi connectivity index (χ3v) is 5.48. The second kappa shape index (κ2) is 9.86. The van der Waals surface area contributed by atoms with E-state index in [2.05, 4.69) is 27.8 Å². The lowest BCUT2D eigenvalue weighted by Gasteiger charge is -2.18. The SMILES string of the molecule is CN=C(NCCCOC(C)C)NCCN1C(=O)C2C3C=CC(C3)C2C1=O.I. The molecule has 2 fully saturated rings. The largest absolute Gasteiger partial charge is 0.379 e. The smallest absolute Gasteiger partial charge is 0.233 e. The maximum Gasteiger partial charge on any atom is 0.233 e. The van der Waals surface area contributed by atoms with E-state index in [-0.39, 0.29) is 65.6 Å². The van der Waals surface area contributed by atoms with E-state index in [0.717, 1.165) is 19.4 Å². The van der Waals surface area contributed by atoms with E-state index in [1.165, 1.54) is 4.90 Å². The van der Waals surface area contributed by atoms with Crippen molar-refractivity contribution in [2.75, 3.05) is 33.3 Å². The molecule has 2 aliphatic carbocycles. The van der Waals surface area contributed by atoms with Crippen molar-refractivity contribution in [3.05, 3.63) is 12.2 Å². The van der Waals surface area contributed by atoms with Crippen molar-refractivity contribution in [1.82, 2.24) is 15.5 Å². The van der Waals surface area contributed by atoms with Gasteiger partial charge in [-0.2, -0.15) is 0 Å². The van der Waals surface area contributed by atoms with Crippen molar-refractivity contribution in [2.45, 2.75) is 32.8 Å². The molecule has 7 nitrogen and oxygen atoms in total. The van der Waals surface area contributed by atoms with E-state index in [1.54, 1.807) is 7.05 Å². The molecule has 1 heterocycles. The van der Waals surface area contributed by atoms with Crippen LogP contribution < -0.4 is 10.6 Å². The quantitative estimate of drug-likeness (QED) is 0.134. The molecule has 0 aromatic carbocycles. The number of carbonyl (C=O) groups excluding carboxylic acids is 2. The summed E-state index contributed by atoms with van der Waals surface area (Å²) in [7, 11) is 1.71. The zero-order valence-electron chi connectivity index (χ0n) is 16.3. The number of imide groups is 1. The molecule has 1 saturated carbocycles. The number of ether oxygens (including phenoxy) is 1. The lowest BCUT2D eigenvalue weighted by Crippen LogP contribution is -2.44. The van der Waals surface area contributed by atoms with Crippen LogP contribution in [0.4, 0.5) is 0 Å². The maximum absolute atomic E-state index is 12.6. The standard InChI is InChI=1S/C19H30N4O3.HI/c1-12(2)26-10-4-7-21-19(20-3)22-8-9-23-17(24)15-13-5-6-14(11-13)16(15)18(23)25;/h5-6,12-16H,4,7-11H2,1-3H3,(H2,20,21,22);1H. The Bertz CT molecular complexity index is 578. The first-order chi connectivity index (χ1) is 12.5. The molecule has 0 spiro atoms. The fourth-order valence-electron chi connectivity index (χ4n) is 4.29. The Morgan fingerprint density at radius 2 is 1.78 bits per heavy atom. The van der Waals surface area contributed by atoms with Crippen molar-refractivity contribution < 1.29 is 14.3 Å². The topological polar surface area (TPSA) is 83.0 Å². The van der Waals surface area contributed by atoms with E-state index >= 15 is 0 Å². The number of allylic oxidation sites excluding steroid dienone is 2. The summed E-state index contributed by atoms with van der Waals surface area (Å²) in [6, 6.07) is 0. The monoisotopic (exact) mass is 490 g/mol. The van der Waals surface area contributed by atoms with E-state index in [1.807, 2.05) is 13.8 Å². The molecule has 4 atom stereocenters. The molecular weight excluding hydrogens is 459 g/mol. The first kappa shape index (κ1) is 22.1. The van der Waals surface area contributed by atoms with Crippen LogP contribution in [0.2, 0.25) is 0 Å². The summed E-state index contributed by atoms with van der Waals surface area (Å²) in [5, 5.41) is 6.39. The number of guanidine groups is 1. The molecule has 2 amide bonds. The summed E-state index contributed by atoms with van der Waals surface area (Å²) < 4.78 is 5.50. The summed E-state index contributed by atoms with van der Waals surface area (Å²) in [5.74, 6) is 0.992. The van der Waals surface area contributed by atoms with Gasteiger partial charge in [0.2, 0.25) is 11.8 Å². The number of hydrogen-bond donors (Lipinski definition) is 2. The van der Waals surface area contributed by atoms with Crippen LogP contribution in [0.1, 0.15) is 26.7 Å². The average Bonchev–Trinajstić information content (AvgIpc) is 3.28. The fourth-order valence-corrected chi connectivity index (χ4v) is 4.29. The highest BCUT2D eigenvalue weighted by Crippen LogP contribution is 2.52. The van der Waals surface area contributed by atoms with Crippen LogP contribution in [-0.4, -0.2) is 62.1 Å². The van der Waals surface area contributed by atoms with Gasteiger partial charge in [-0.25, -0.2) is 0 Å². The Morgan fingerprint density at radius 1 is 1.19 bits per heavy atom. The predicted octanol–water partition coefficient (Wildman–Crippen LogP) is 1.39. The number of hydrogen-bond acceptors (Lipinski definition) is 4. The zero-order chi connectivity index (χ0) is 18.7. The fraction of sp³-hybridized carbons (Fsp3) is 0.737. The van der Waals surface area contributed by atoms with Gasteiger partial charge in [0, 0.05) is 33.3 Å². The van der Waals surface area contributed by atoms with E-state index in [4.69, 9.17) is 4.74 Å². The molecule has 0 aromatic rings. The van der Waals surface area contributed by atoms with Crippen molar-refractivity contribution in [2.24, 2.45) is 28.7 Å². The molecule has 8 heteroatoms. The van der Waals surface area contributed by atoms with Crippen LogP contribution in [0.3, 0.4) is 0 Å². The highest BCUT2D eigenvalue weighted by molar-refractivity contribution is 14.0. The van der Waals surface area contributed by atoms with E-state index in [0.29, 0.717) is 25.7 Å². The Balaban J connectivity index is 0.00000261. The van der Waals surface area contributed by atoms with Crippen LogP contribution in [0.25, 0.3) is 0 Å². The van der Waals surface area contributed by atoms with Crippen LogP contribution in [0, 0.1) is 23.7 Å². The number of halogens is 1. The number of fused-ring (bicyclic) bond motifs is 5. The number of nitrogens with one attached hydrogen (secondary N) is 2. The van der Waals surface area contributed by atoms with E-state index in [9.17, 15) is 9.59 Å². The summed E-state index contributed by atoms with van der Waals surface area (Å²) in [6.45, 7) is 6.39. The number of carbonyl (C=O) groups is 2. The summed E-state index contributed by atoms with van der Waals surface area (Å²) >= 11 is 0. The summed E-state index contributed by atoms with van der Waals surface area (Å²) in [6.07, 6.45) is 6.34. The van der Waals surface area contributed by atoms with Crippen LogP contribution >= 0.6 is 24.0 Å². The third kappa shape index (κ3) is 4.82. The Morgan fingerprint density at radius 3 is 2.33 bits per heavy atom. The second-order valence-electron chi connectivity index (χ2n) is 7.53. The van der Waals surface area contributed by atoms with Gasteiger partial charge in [-0.05, 0) is 38.5 Å². The van der Waals surface area contributed by atoms with Crippen LogP contribution in [0.5, 0.6) is 0 Å². The molecule has 152 valence electrons. The van der Waals surface area contributed by atoms with Crippen LogP contribution in [0.15, 0.2) is 17.1 Å². The van der Waals surface area contributed by atoms with Gasteiger partial charge in [-0.15, -0.1) is 24.0 Å². The molecule has 4 unspecified atom stereocenters. The molecule has 1 saturated heterocycles. The molecule has 2 N–H and O–H groups in total. The Kier molecular flexibility index (Phi) is 8.08. The number of amides is 2. The summed E-state index contributed by atoms with van der Waals surface area (Å²) in [5.41, 5.74) is 0. The number of likely N-dealkylation sites (tertiary alicyclic amines) is 1. The van der Waals surface area contributed by atoms with Crippen molar-refractivity contribution >= 4 is 41.8 Å². The molecule has 0 aromatic heterocycles. The van der Waals surface area contributed by atoms with Gasteiger partial charge in [0.05, 0.1) is 17.9 Å². The molecule has 3 aliphatic rings. The Hall–Kier alpha value is -1.16. The van der Waals surface area contributed by atoms with Crippen molar-refractivity contribution in [3.8, 4) is 0 Å². The highest BCUT2D eigenvalue weighted by atomic mass is 127. The highest BCUT2D eigenvalue weighted by Gasteiger charge is 2.58. The van der Waals surface area contributed by atoms with Gasteiger partial charge in [0.1, 0.15) is 0 Å². The normalized spacial score (nSPS) is 28.7.